The van der Waals surface area contributed by atoms with E-state index in [9.17, 15) is 19.2 Å². The third kappa shape index (κ3) is 5.52. The molecule has 35 heavy (non-hydrogen) atoms. The van der Waals surface area contributed by atoms with Gasteiger partial charge in [-0.2, -0.15) is 0 Å². The van der Waals surface area contributed by atoms with Crippen molar-refractivity contribution in [3.05, 3.63) is 97.6 Å². The molecule has 1 heterocycles. The number of carboxylic acid groups (broad SMARTS) is 1. The van der Waals surface area contributed by atoms with Crippen molar-refractivity contribution in [1.29, 1.82) is 0 Å². The van der Waals surface area contributed by atoms with Crippen LogP contribution in [-0.4, -0.2) is 28.9 Å². The maximum atomic E-state index is 13.0. The standard InChI is InChI=1S/C25H16ClIN2O6/c26-17-6-8-18(9-7-17)29-23(31)19(22(30)28-25(29)34)11-15-3-10-21(20(27)12-15)35-13-14-1-4-16(5-2-14)24(32)33/h1-12H,13H2,(H,32,33)(H,28,30,34)/b19-11+. The zero-order valence-electron chi connectivity index (χ0n) is 17.8. The average Bonchev–Trinajstić information content (AvgIpc) is 2.82. The zero-order chi connectivity index (χ0) is 25.1. The summed E-state index contributed by atoms with van der Waals surface area (Å²) in [6, 6.07) is 16.7. The van der Waals surface area contributed by atoms with Crippen molar-refractivity contribution in [2.45, 2.75) is 6.61 Å². The highest BCUT2D eigenvalue weighted by molar-refractivity contribution is 14.1. The van der Waals surface area contributed by atoms with Crippen molar-refractivity contribution in [3.63, 3.8) is 0 Å². The van der Waals surface area contributed by atoms with E-state index in [1.807, 2.05) is 0 Å². The normalized spacial score (nSPS) is 14.7. The Kier molecular flexibility index (Phi) is 7.17. The monoisotopic (exact) mass is 602 g/mol. The first-order valence-electron chi connectivity index (χ1n) is 10.1. The van der Waals surface area contributed by atoms with E-state index in [0.717, 1.165) is 14.0 Å². The maximum Gasteiger partial charge on any atom is 0.335 e. The van der Waals surface area contributed by atoms with E-state index >= 15 is 0 Å². The van der Waals surface area contributed by atoms with Gasteiger partial charge >= 0.3 is 12.0 Å². The van der Waals surface area contributed by atoms with Crippen molar-refractivity contribution in [2.24, 2.45) is 0 Å². The Morgan fingerprint density at radius 1 is 1.03 bits per heavy atom. The van der Waals surface area contributed by atoms with Crippen molar-refractivity contribution in [3.8, 4) is 5.75 Å². The summed E-state index contributed by atoms with van der Waals surface area (Å²) >= 11 is 7.96. The lowest BCUT2D eigenvalue weighted by Crippen LogP contribution is -2.54. The number of carbonyl (C=O) groups is 4. The smallest absolute Gasteiger partial charge is 0.335 e. The van der Waals surface area contributed by atoms with Gasteiger partial charge in [0.2, 0.25) is 0 Å². The lowest BCUT2D eigenvalue weighted by Gasteiger charge is -2.26. The first-order valence-corrected chi connectivity index (χ1v) is 11.6. The van der Waals surface area contributed by atoms with Crippen LogP contribution in [0.3, 0.4) is 0 Å². The van der Waals surface area contributed by atoms with Crippen molar-refractivity contribution in [2.75, 3.05) is 4.90 Å². The number of amides is 4. The molecule has 0 atom stereocenters. The van der Waals surface area contributed by atoms with Crippen LogP contribution in [0.15, 0.2) is 72.3 Å². The minimum atomic E-state index is -0.998. The van der Waals surface area contributed by atoms with Crippen molar-refractivity contribution in [1.82, 2.24) is 5.32 Å². The number of aromatic carboxylic acids is 1. The molecule has 3 aromatic carbocycles. The highest BCUT2D eigenvalue weighted by Gasteiger charge is 2.36. The Balaban J connectivity index is 1.52. The van der Waals surface area contributed by atoms with Crippen LogP contribution in [0.4, 0.5) is 10.5 Å². The number of anilines is 1. The molecule has 3 aromatic rings. The van der Waals surface area contributed by atoms with Crippen molar-refractivity contribution >= 4 is 69.8 Å². The predicted octanol–water partition coefficient (Wildman–Crippen LogP) is 4.89. The van der Waals surface area contributed by atoms with Crippen LogP contribution in [0.1, 0.15) is 21.5 Å². The van der Waals surface area contributed by atoms with Crippen molar-refractivity contribution < 1.29 is 29.0 Å². The number of barbiturate groups is 1. The van der Waals surface area contributed by atoms with E-state index in [0.29, 0.717) is 16.3 Å². The number of benzene rings is 3. The van der Waals surface area contributed by atoms with Gasteiger partial charge in [-0.05, 0) is 88.3 Å². The molecule has 1 aliphatic rings. The number of carboxylic acids is 1. The second-order valence-electron chi connectivity index (χ2n) is 7.41. The van der Waals surface area contributed by atoms with Gasteiger partial charge in [-0.15, -0.1) is 0 Å². The van der Waals surface area contributed by atoms with Gasteiger partial charge in [0.15, 0.2) is 0 Å². The summed E-state index contributed by atoms with van der Waals surface area (Å²) in [5.41, 5.74) is 1.65. The lowest BCUT2D eigenvalue weighted by atomic mass is 10.1. The second-order valence-corrected chi connectivity index (χ2v) is 9.01. The molecule has 1 fully saturated rings. The van der Waals surface area contributed by atoms with Gasteiger partial charge < -0.3 is 9.84 Å². The zero-order valence-corrected chi connectivity index (χ0v) is 20.7. The SMILES string of the molecule is O=C1NC(=O)N(c2ccc(Cl)cc2)C(=O)/C1=C/c1ccc(OCc2ccc(C(=O)O)cc2)c(I)c1. The number of nitrogens with one attached hydrogen (secondary N) is 1. The first-order chi connectivity index (χ1) is 16.7. The summed E-state index contributed by atoms with van der Waals surface area (Å²) in [6.45, 7) is 0.232. The summed E-state index contributed by atoms with van der Waals surface area (Å²) in [5.74, 6) is -1.96. The number of nitrogens with zero attached hydrogens (tertiary/aromatic N) is 1. The molecule has 4 amide bonds. The summed E-state index contributed by atoms with van der Waals surface area (Å²) in [4.78, 5) is 49.5. The van der Waals surface area contributed by atoms with E-state index in [-0.39, 0.29) is 23.4 Å². The quantitative estimate of drug-likeness (QED) is 0.236. The Bertz CT molecular complexity index is 1370. The molecule has 176 valence electrons. The summed E-state index contributed by atoms with van der Waals surface area (Å²) in [7, 11) is 0. The van der Waals surface area contributed by atoms with E-state index in [2.05, 4.69) is 27.9 Å². The van der Waals surface area contributed by atoms with Gasteiger partial charge in [-0.25, -0.2) is 14.5 Å². The van der Waals surface area contributed by atoms with Crippen LogP contribution in [0, 0.1) is 3.57 Å². The number of halogens is 2. The number of urea groups is 1. The van der Waals surface area contributed by atoms with Gasteiger partial charge in [0.1, 0.15) is 17.9 Å². The molecule has 1 saturated heterocycles. The Hall–Kier alpha value is -3.70. The molecule has 0 aliphatic carbocycles. The van der Waals surface area contributed by atoms with Crippen LogP contribution < -0.4 is 15.0 Å². The van der Waals surface area contributed by atoms with Gasteiger partial charge in [0.05, 0.1) is 14.8 Å². The van der Waals surface area contributed by atoms with Crippen LogP contribution in [0.5, 0.6) is 5.75 Å². The molecule has 8 nitrogen and oxygen atoms in total. The molecular weight excluding hydrogens is 587 g/mol. The van der Waals surface area contributed by atoms with Gasteiger partial charge in [0.25, 0.3) is 11.8 Å². The number of carbonyl (C=O) groups excluding carboxylic acids is 3. The number of imide groups is 2. The topological polar surface area (TPSA) is 113 Å². The van der Waals surface area contributed by atoms with E-state index in [1.165, 1.54) is 30.3 Å². The third-order valence-electron chi connectivity index (χ3n) is 5.05. The Labute approximate surface area is 218 Å². The van der Waals surface area contributed by atoms with Crippen LogP contribution in [0.2, 0.25) is 5.02 Å². The number of hydrogen-bond donors (Lipinski definition) is 2. The fourth-order valence-electron chi connectivity index (χ4n) is 3.28. The minimum Gasteiger partial charge on any atom is -0.488 e. The molecule has 10 heteroatoms. The van der Waals surface area contributed by atoms with E-state index in [4.69, 9.17) is 21.4 Å². The minimum absolute atomic E-state index is 0.192. The number of hydrogen-bond acceptors (Lipinski definition) is 5. The van der Waals surface area contributed by atoms with Crippen LogP contribution in [-0.2, 0) is 16.2 Å². The predicted molar refractivity (Wildman–Crippen MR) is 137 cm³/mol. The number of rotatable bonds is 6. The molecule has 0 unspecified atom stereocenters. The summed E-state index contributed by atoms with van der Waals surface area (Å²) in [5, 5.41) is 11.6. The lowest BCUT2D eigenvalue weighted by molar-refractivity contribution is -0.122. The maximum absolute atomic E-state index is 13.0. The third-order valence-corrected chi connectivity index (χ3v) is 6.14. The first kappa shape index (κ1) is 24.4. The fourth-order valence-corrected chi connectivity index (χ4v) is 4.10. The second kappa shape index (κ2) is 10.3. The van der Waals surface area contributed by atoms with Gasteiger partial charge in [-0.1, -0.05) is 29.8 Å². The fraction of sp³-hybridized carbons (Fsp3) is 0.0400. The molecule has 0 saturated carbocycles. The molecule has 1 aliphatic heterocycles. The van der Waals surface area contributed by atoms with E-state index in [1.54, 1.807) is 42.5 Å². The Morgan fingerprint density at radius 2 is 1.71 bits per heavy atom. The van der Waals surface area contributed by atoms with E-state index < -0.39 is 23.8 Å². The van der Waals surface area contributed by atoms with Crippen LogP contribution >= 0.6 is 34.2 Å². The number of ether oxygens (including phenoxy) is 1. The molecule has 4 rings (SSSR count). The Morgan fingerprint density at radius 3 is 2.34 bits per heavy atom. The summed E-state index contributed by atoms with van der Waals surface area (Å²) < 4.78 is 6.55. The molecular formula is C25H16ClIN2O6. The molecule has 0 spiro atoms. The highest BCUT2D eigenvalue weighted by atomic mass is 127. The van der Waals surface area contributed by atoms with Gasteiger partial charge in [-0.3, -0.25) is 14.9 Å². The summed E-state index contributed by atoms with van der Waals surface area (Å²) in [6.07, 6.45) is 1.41. The highest BCUT2D eigenvalue weighted by Crippen LogP contribution is 2.27. The largest absolute Gasteiger partial charge is 0.488 e. The molecule has 0 bridgehead atoms. The molecule has 0 aromatic heterocycles. The van der Waals surface area contributed by atoms with Crippen LogP contribution in [0.25, 0.3) is 6.08 Å². The molecule has 2 N–H and O–H groups in total. The molecule has 0 radical (unpaired) electrons. The van der Waals surface area contributed by atoms with Gasteiger partial charge in [0, 0.05) is 5.02 Å². The average molecular weight is 603 g/mol.